The molecule has 0 aliphatic carbocycles. The van der Waals surface area contributed by atoms with E-state index in [1.54, 1.807) is 0 Å². The molecule has 0 saturated carbocycles. The van der Waals surface area contributed by atoms with Crippen LogP contribution in [0.2, 0.25) is 0 Å². The predicted molar refractivity (Wildman–Crippen MR) is 316 cm³/mol. The van der Waals surface area contributed by atoms with Gasteiger partial charge in [0.25, 0.3) is 0 Å². The first-order valence-electron chi connectivity index (χ1n) is 31.1. The van der Waals surface area contributed by atoms with E-state index >= 15 is 0 Å². The second-order valence-electron chi connectivity index (χ2n) is 20.6. The number of esters is 3. The van der Waals surface area contributed by atoms with Crippen LogP contribution in [0.25, 0.3) is 0 Å². The average molecular weight is 1020 g/mol. The van der Waals surface area contributed by atoms with Crippen LogP contribution in [0, 0.1) is 0 Å². The molecule has 0 radical (unpaired) electrons. The third-order valence-corrected chi connectivity index (χ3v) is 13.4. The van der Waals surface area contributed by atoms with Crippen LogP contribution in [-0.2, 0) is 28.6 Å². The Bertz CT molecular complexity index is 1400. The molecule has 0 rings (SSSR count). The molecule has 0 bridgehead atoms. The zero-order chi connectivity index (χ0) is 52.9. The Balaban J connectivity index is 4.36. The van der Waals surface area contributed by atoms with E-state index in [2.05, 4.69) is 106 Å². The number of carbonyl (C=O) groups excluding carboxylic acids is 3. The molecular formula is C67H116O6. The van der Waals surface area contributed by atoms with Crippen LogP contribution < -0.4 is 0 Å². The summed E-state index contributed by atoms with van der Waals surface area (Å²) in [4.78, 5) is 38.3. The molecule has 0 aliphatic heterocycles. The highest BCUT2D eigenvalue weighted by Crippen LogP contribution is 2.16. The highest BCUT2D eigenvalue weighted by Gasteiger charge is 2.19. The molecule has 6 nitrogen and oxygen atoms in total. The van der Waals surface area contributed by atoms with Gasteiger partial charge in [-0.3, -0.25) is 14.4 Å². The quantitative estimate of drug-likeness (QED) is 0.0261. The van der Waals surface area contributed by atoms with E-state index in [1.165, 1.54) is 161 Å². The summed E-state index contributed by atoms with van der Waals surface area (Å²) in [5.74, 6) is -0.896. The summed E-state index contributed by atoms with van der Waals surface area (Å²) in [6.45, 7) is 6.49. The number of hydrogen-bond donors (Lipinski definition) is 0. The molecule has 0 heterocycles. The maximum atomic E-state index is 12.9. The van der Waals surface area contributed by atoms with Gasteiger partial charge in [0.05, 0.1) is 0 Å². The normalized spacial score (nSPS) is 12.6. The van der Waals surface area contributed by atoms with Gasteiger partial charge in [-0.05, 0) is 109 Å². The van der Waals surface area contributed by atoms with Crippen molar-refractivity contribution in [2.24, 2.45) is 0 Å². The monoisotopic (exact) mass is 1020 g/mol. The van der Waals surface area contributed by atoms with Crippen molar-refractivity contribution in [2.45, 2.75) is 309 Å². The van der Waals surface area contributed by atoms with E-state index in [9.17, 15) is 14.4 Å². The van der Waals surface area contributed by atoms with Gasteiger partial charge in [-0.15, -0.1) is 0 Å². The van der Waals surface area contributed by atoms with E-state index in [-0.39, 0.29) is 31.1 Å². The van der Waals surface area contributed by atoms with Crippen molar-refractivity contribution in [2.75, 3.05) is 13.2 Å². The van der Waals surface area contributed by atoms with E-state index in [0.717, 1.165) is 103 Å². The zero-order valence-electron chi connectivity index (χ0n) is 48.1. The largest absolute Gasteiger partial charge is 0.462 e. The number of carbonyl (C=O) groups is 3. The van der Waals surface area contributed by atoms with Crippen molar-refractivity contribution < 1.29 is 28.6 Å². The molecule has 0 fully saturated rings. The number of rotatable bonds is 56. The van der Waals surface area contributed by atoms with Crippen molar-refractivity contribution in [3.8, 4) is 0 Å². The minimum absolute atomic E-state index is 0.0841. The minimum atomic E-state index is -0.787. The zero-order valence-corrected chi connectivity index (χ0v) is 48.1. The molecule has 1 atom stereocenters. The predicted octanol–water partition coefficient (Wildman–Crippen LogP) is 21.1. The number of unbranched alkanes of at least 4 members (excludes halogenated alkanes) is 31. The molecule has 0 aromatic carbocycles. The Morgan fingerprint density at radius 2 is 0.548 bits per heavy atom. The summed E-state index contributed by atoms with van der Waals surface area (Å²) in [5, 5.41) is 0. The van der Waals surface area contributed by atoms with Gasteiger partial charge >= 0.3 is 17.9 Å². The maximum Gasteiger partial charge on any atom is 0.306 e. The first kappa shape index (κ1) is 69.6. The van der Waals surface area contributed by atoms with Gasteiger partial charge in [0.15, 0.2) is 6.10 Å². The lowest BCUT2D eigenvalue weighted by Gasteiger charge is -2.18. The van der Waals surface area contributed by atoms with Crippen molar-refractivity contribution in [1.29, 1.82) is 0 Å². The molecular weight excluding hydrogens is 901 g/mol. The maximum absolute atomic E-state index is 12.9. The van der Waals surface area contributed by atoms with Crippen LogP contribution in [0.1, 0.15) is 303 Å². The summed E-state index contributed by atoms with van der Waals surface area (Å²) in [5.41, 5.74) is 0. The third-order valence-electron chi connectivity index (χ3n) is 13.4. The average Bonchev–Trinajstić information content (AvgIpc) is 3.39. The topological polar surface area (TPSA) is 78.9 Å². The van der Waals surface area contributed by atoms with Gasteiger partial charge in [0.1, 0.15) is 13.2 Å². The second kappa shape index (κ2) is 61.1. The van der Waals surface area contributed by atoms with Crippen molar-refractivity contribution in [3.05, 3.63) is 85.1 Å². The van der Waals surface area contributed by atoms with Crippen LogP contribution in [0.3, 0.4) is 0 Å². The van der Waals surface area contributed by atoms with Gasteiger partial charge in [-0.25, -0.2) is 0 Å². The summed E-state index contributed by atoms with van der Waals surface area (Å²) in [6.07, 6.45) is 80.1. The molecule has 1 unspecified atom stereocenters. The highest BCUT2D eigenvalue weighted by atomic mass is 16.6. The molecule has 0 aromatic heterocycles. The molecule has 0 aliphatic rings. The number of hydrogen-bond acceptors (Lipinski definition) is 6. The summed E-state index contributed by atoms with van der Waals surface area (Å²) >= 11 is 0. The number of ether oxygens (including phenoxy) is 3. The van der Waals surface area contributed by atoms with Crippen molar-refractivity contribution in [1.82, 2.24) is 0 Å². The SMILES string of the molecule is CC/C=C\C/C=C\C/C=C\C/C=C\CCCCCCCCCCCCC(=O)OCC(COC(=O)CCCCCCC/C=C\C/C=C\CCCC)OC(=O)CCCCCCCCC/C=C\CCCCCCCCC. The summed E-state index contributed by atoms with van der Waals surface area (Å²) in [6, 6.07) is 0. The van der Waals surface area contributed by atoms with E-state index in [4.69, 9.17) is 14.2 Å². The molecule has 0 amide bonds. The molecule has 6 heteroatoms. The summed E-state index contributed by atoms with van der Waals surface area (Å²) < 4.78 is 16.9. The fourth-order valence-corrected chi connectivity index (χ4v) is 8.68. The Hall–Kier alpha value is -3.41. The third kappa shape index (κ3) is 59.3. The van der Waals surface area contributed by atoms with Crippen LogP contribution in [-0.4, -0.2) is 37.2 Å². The molecule has 0 spiro atoms. The van der Waals surface area contributed by atoms with Crippen molar-refractivity contribution >= 4 is 17.9 Å². The van der Waals surface area contributed by atoms with Gasteiger partial charge in [-0.1, -0.05) is 260 Å². The standard InChI is InChI=1S/C67H116O6/c1-4-7-10-13-16-19-22-25-28-30-32-33-34-35-36-38-39-42-45-48-51-54-57-60-66(69)72-63-64(62-71-65(68)59-56-53-50-47-44-41-27-24-21-18-15-12-9-6-3)73-67(70)61-58-55-52-49-46-43-40-37-31-29-26-23-20-17-14-11-8-5-2/h7,10,15-16,18-19,24-25,27-29,31-33,64H,4-6,8-9,11-14,17,20-23,26,30,34-63H2,1-3H3/b10-7-,18-15-,19-16-,27-24-,28-25-,31-29-,33-32-. The number of allylic oxidation sites excluding steroid dienone is 14. The first-order valence-corrected chi connectivity index (χ1v) is 31.1. The Labute approximate surface area is 452 Å². The Morgan fingerprint density at radius 3 is 0.890 bits per heavy atom. The van der Waals surface area contributed by atoms with Crippen molar-refractivity contribution in [3.63, 3.8) is 0 Å². The van der Waals surface area contributed by atoms with Crippen LogP contribution in [0.15, 0.2) is 85.1 Å². The highest BCUT2D eigenvalue weighted by molar-refractivity contribution is 5.71. The van der Waals surface area contributed by atoms with Gasteiger partial charge in [0, 0.05) is 19.3 Å². The molecule has 73 heavy (non-hydrogen) atoms. The molecule has 0 N–H and O–H groups in total. The lowest BCUT2D eigenvalue weighted by Crippen LogP contribution is -2.30. The Morgan fingerprint density at radius 1 is 0.288 bits per heavy atom. The molecule has 420 valence electrons. The van der Waals surface area contributed by atoms with E-state index in [0.29, 0.717) is 19.3 Å². The fraction of sp³-hybridized carbons (Fsp3) is 0.746. The van der Waals surface area contributed by atoms with Crippen LogP contribution in [0.4, 0.5) is 0 Å². The van der Waals surface area contributed by atoms with Crippen LogP contribution >= 0.6 is 0 Å². The fourth-order valence-electron chi connectivity index (χ4n) is 8.68. The molecule has 0 aromatic rings. The lowest BCUT2D eigenvalue weighted by atomic mass is 10.1. The second-order valence-corrected chi connectivity index (χ2v) is 20.6. The van der Waals surface area contributed by atoms with E-state index in [1.807, 2.05) is 0 Å². The minimum Gasteiger partial charge on any atom is -0.462 e. The molecule has 0 saturated heterocycles. The van der Waals surface area contributed by atoms with Gasteiger partial charge in [0.2, 0.25) is 0 Å². The van der Waals surface area contributed by atoms with Crippen LogP contribution in [0.5, 0.6) is 0 Å². The van der Waals surface area contributed by atoms with Gasteiger partial charge < -0.3 is 14.2 Å². The van der Waals surface area contributed by atoms with E-state index < -0.39 is 6.10 Å². The summed E-state index contributed by atoms with van der Waals surface area (Å²) in [7, 11) is 0. The van der Waals surface area contributed by atoms with Gasteiger partial charge in [-0.2, -0.15) is 0 Å². The lowest BCUT2D eigenvalue weighted by molar-refractivity contribution is -0.167. The smallest absolute Gasteiger partial charge is 0.306 e. The Kier molecular flexibility index (Phi) is 58.3. The first-order chi connectivity index (χ1) is 36.0.